The van der Waals surface area contributed by atoms with Crippen LogP contribution in [0.5, 0.6) is 0 Å². The number of benzene rings is 2. The summed E-state index contributed by atoms with van der Waals surface area (Å²) in [5.74, 6) is 1.66. The second-order valence-electron chi connectivity index (χ2n) is 5.24. The summed E-state index contributed by atoms with van der Waals surface area (Å²) in [6, 6.07) is 6.86. The number of alkyl halides is 6. The fourth-order valence-electron chi connectivity index (χ4n) is 2.19. The van der Waals surface area contributed by atoms with E-state index in [2.05, 4.69) is 5.92 Å². The minimum absolute atomic E-state index is 0.0208. The summed E-state index contributed by atoms with van der Waals surface area (Å²) in [7, 11) is 0. The maximum atomic E-state index is 12.8. The Kier molecular flexibility index (Phi) is 4.93. The van der Waals surface area contributed by atoms with Crippen LogP contribution in [0.15, 0.2) is 42.5 Å². The molecule has 0 aliphatic heterocycles. The van der Waals surface area contributed by atoms with Crippen LogP contribution in [0.25, 0.3) is 0 Å². The van der Waals surface area contributed by atoms with Gasteiger partial charge >= 0.3 is 12.4 Å². The number of rotatable bonds is 3. The van der Waals surface area contributed by atoms with E-state index in [1.165, 1.54) is 18.2 Å². The van der Waals surface area contributed by atoms with Gasteiger partial charge in [-0.1, -0.05) is 18.1 Å². The monoisotopic (exact) mass is 356 g/mol. The molecule has 1 nitrogen and oxygen atoms in total. The molecule has 130 valence electrons. The van der Waals surface area contributed by atoms with E-state index in [1.54, 1.807) is 6.07 Å². The second kappa shape index (κ2) is 6.63. The molecule has 0 saturated carbocycles. The van der Waals surface area contributed by atoms with E-state index in [-0.39, 0.29) is 17.2 Å². The fraction of sp³-hybridized carbons (Fsp3) is 0.167. The smallest absolute Gasteiger partial charge is 0.294 e. The van der Waals surface area contributed by atoms with Crippen LogP contribution in [-0.4, -0.2) is 5.78 Å². The second-order valence-corrected chi connectivity index (χ2v) is 5.24. The highest BCUT2D eigenvalue weighted by molar-refractivity contribution is 5.97. The van der Waals surface area contributed by atoms with Gasteiger partial charge in [0, 0.05) is 17.5 Å². The average Bonchev–Trinajstić information content (AvgIpc) is 2.53. The molecular formula is C18H10F6O. The molecule has 0 aliphatic carbocycles. The normalized spacial score (nSPS) is 11.9. The van der Waals surface area contributed by atoms with Gasteiger partial charge in [-0.15, -0.1) is 6.42 Å². The standard InChI is InChI=1S/C18H10F6O/c1-2-11-4-3-5-13(6-11)16(25)9-12-7-14(17(19,20)21)10-15(8-12)18(22,23)24/h1,3-8,10H,9H2. The van der Waals surface area contributed by atoms with Gasteiger partial charge in [0.1, 0.15) is 0 Å². The van der Waals surface area contributed by atoms with Crippen molar-refractivity contribution >= 4 is 5.78 Å². The summed E-state index contributed by atoms with van der Waals surface area (Å²) in [5, 5.41) is 0. The van der Waals surface area contributed by atoms with Gasteiger partial charge < -0.3 is 0 Å². The highest BCUT2D eigenvalue weighted by Gasteiger charge is 2.37. The number of hydrogen-bond donors (Lipinski definition) is 0. The molecule has 2 aromatic rings. The third-order valence-corrected chi connectivity index (χ3v) is 3.36. The molecule has 0 amide bonds. The minimum Gasteiger partial charge on any atom is -0.294 e. The SMILES string of the molecule is C#Cc1cccc(C(=O)Cc2cc(C(F)(F)F)cc(C(F)(F)F)c2)c1. The topological polar surface area (TPSA) is 17.1 Å². The van der Waals surface area contributed by atoms with E-state index in [4.69, 9.17) is 6.42 Å². The number of carbonyl (C=O) groups is 1. The quantitative estimate of drug-likeness (QED) is 0.423. The van der Waals surface area contributed by atoms with Gasteiger partial charge in [0.05, 0.1) is 11.1 Å². The van der Waals surface area contributed by atoms with Crippen LogP contribution in [0.2, 0.25) is 0 Å². The van der Waals surface area contributed by atoms with Crippen molar-refractivity contribution in [2.24, 2.45) is 0 Å². The number of hydrogen-bond acceptors (Lipinski definition) is 1. The predicted molar refractivity (Wildman–Crippen MR) is 78.9 cm³/mol. The third-order valence-electron chi connectivity index (χ3n) is 3.36. The zero-order chi connectivity index (χ0) is 18.8. The Balaban J connectivity index is 2.41. The number of Topliss-reactive ketones (excluding diaryl/α,β-unsaturated/α-hetero) is 1. The van der Waals surface area contributed by atoms with Crippen LogP contribution in [0.1, 0.15) is 32.6 Å². The molecule has 0 fully saturated rings. The third kappa shape index (κ3) is 4.63. The number of halogens is 6. The number of carbonyl (C=O) groups excluding carboxylic acids is 1. The lowest BCUT2D eigenvalue weighted by molar-refractivity contribution is -0.143. The van der Waals surface area contributed by atoms with Crippen LogP contribution < -0.4 is 0 Å². The van der Waals surface area contributed by atoms with Crippen LogP contribution in [0.4, 0.5) is 26.3 Å². The number of terminal acetylenes is 1. The molecule has 2 aromatic carbocycles. The first-order valence-corrected chi connectivity index (χ1v) is 6.89. The minimum atomic E-state index is -4.96. The summed E-state index contributed by atoms with van der Waals surface area (Å²) >= 11 is 0. The lowest BCUT2D eigenvalue weighted by Gasteiger charge is -2.14. The molecule has 0 heterocycles. The molecule has 0 atom stereocenters. The van der Waals surface area contributed by atoms with Crippen molar-refractivity contribution in [2.45, 2.75) is 18.8 Å². The van der Waals surface area contributed by atoms with E-state index >= 15 is 0 Å². The average molecular weight is 356 g/mol. The molecule has 0 aromatic heterocycles. The Morgan fingerprint density at radius 1 is 0.920 bits per heavy atom. The largest absolute Gasteiger partial charge is 0.416 e. The highest BCUT2D eigenvalue weighted by Crippen LogP contribution is 2.36. The molecule has 0 aliphatic rings. The Hall–Kier alpha value is -2.75. The van der Waals surface area contributed by atoms with E-state index in [9.17, 15) is 31.1 Å². The molecule has 0 spiro atoms. The Labute approximate surface area is 139 Å². The summed E-state index contributed by atoms with van der Waals surface area (Å²) in [4.78, 5) is 12.2. The van der Waals surface area contributed by atoms with Gasteiger partial charge in [-0.2, -0.15) is 26.3 Å². The summed E-state index contributed by atoms with van der Waals surface area (Å²) in [6.45, 7) is 0. The molecule has 0 N–H and O–H groups in total. The van der Waals surface area contributed by atoms with E-state index < -0.39 is 35.7 Å². The van der Waals surface area contributed by atoms with E-state index in [0.29, 0.717) is 17.7 Å². The maximum Gasteiger partial charge on any atom is 0.416 e. The van der Waals surface area contributed by atoms with Gasteiger partial charge in [-0.3, -0.25) is 4.79 Å². The Morgan fingerprint density at radius 2 is 1.48 bits per heavy atom. The van der Waals surface area contributed by atoms with Crippen molar-refractivity contribution < 1.29 is 31.1 Å². The highest BCUT2D eigenvalue weighted by atomic mass is 19.4. The van der Waals surface area contributed by atoms with E-state index in [1.807, 2.05) is 0 Å². The first-order chi connectivity index (χ1) is 11.5. The van der Waals surface area contributed by atoms with Crippen LogP contribution in [0.3, 0.4) is 0 Å². The van der Waals surface area contributed by atoms with Crippen molar-refractivity contribution in [3.63, 3.8) is 0 Å². The van der Waals surface area contributed by atoms with Gasteiger partial charge in [0.25, 0.3) is 0 Å². The van der Waals surface area contributed by atoms with Crippen LogP contribution in [-0.2, 0) is 18.8 Å². The van der Waals surface area contributed by atoms with Crippen molar-refractivity contribution in [1.29, 1.82) is 0 Å². The summed E-state index contributed by atoms with van der Waals surface area (Å²) < 4.78 is 76.9. The molecule has 0 bridgehead atoms. The zero-order valence-corrected chi connectivity index (χ0v) is 12.5. The summed E-state index contributed by atoms with van der Waals surface area (Å²) in [5.41, 5.74) is -2.80. The van der Waals surface area contributed by atoms with Gasteiger partial charge in [0.15, 0.2) is 5.78 Å². The zero-order valence-electron chi connectivity index (χ0n) is 12.5. The Bertz CT molecular complexity index is 808. The number of ketones is 1. The lowest BCUT2D eigenvalue weighted by Crippen LogP contribution is -2.13. The van der Waals surface area contributed by atoms with Crippen molar-refractivity contribution in [2.75, 3.05) is 0 Å². The molecular weight excluding hydrogens is 346 g/mol. The molecule has 2 rings (SSSR count). The fourth-order valence-corrected chi connectivity index (χ4v) is 2.19. The molecule has 0 radical (unpaired) electrons. The van der Waals surface area contributed by atoms with Crippen LogP contribution in [0, 0.1) is 12.3 Å². The molecule has 0 unspecified atom stereocenters. The van der Waals surface area contributed by atoms with Gasteiger partial charge in [-0.25, -0.2) is 0 Å². The van der Waals surface area contributed by atoms with Crippen LogP contribution >= 0.6 is 0 Å². The molecule has 7 heteroatoms. The lowest BCUT2D eigenvalue weighted by atomic mass is 9.97. The predicted octanol–water partition coefficient (Wildman–Crippen LogP) is 5.13. The van der Waals surface area contributed by atoms with Crippen molar-refractivity contribution in [1.82, 2.24) is 0 Å². The van der Waals surface area contributed by atoms with Gasteiger partial charge in [0.2, 0.25) is 0 Å². The van der Waals surface area contributed by atoms with Gasteiger partial charge in [-0.05, 0) is 35.9 Å². The maximum absolute atomic E-state index is 12.8. The first-order valence-electron chi connectivity index (χ1n) is 6.89. The summed E-state index contributed by atoms with van der Waals surface area (Å²) in [6.07, 6.45) is -5.33. The van der Waals surface area contributed by atoms with Crippen molar-refractivity contribution in [3.05, 3.63) is 70.3 Å². The van der Waals surface area contributed by atoms with Crippen molar-refractivity contribution in [3.8, 4) is 12.3 Å². The molecule has 0 saturated heterocycles. The van der Waals surface area contributed by atoms with E-state index in [0.717, 1.165) is 0 Å². The Morgan fingerprint density at radius 3 is 1.96 bits per heavy atom. The first kappa shape index (κ1) is 18.6. The molecule has 25 heavy (non-hydrogen) atoms.